The molecule has 1 aromatic carbocycles. The van der Waals surface area contributed by atoms with E-state index in [1.165, 1.54) is 11.3 Å². The Morgan fingerprint density at radius 3 is 2.82 bits per heavy atom. The number of aromatic nitrogens is 1. The van der Waals surface area contributed by atoms with Gasteiger partial charge in [-0.25, -0.2) is 4.98 Å². The first kappa shape index (κ1) is 16.4. The van der Waals surface area contributed by atoms with Gasteiger partial charge in [-0.15, -0.1) is 11.3 Å². The summed E-state index contributed by atoms with van der Waals surface area (Å²) in [5.74, 6) is -0.643. The van der Waals surface area contributed by atoms with Gasteiger partial charge in [-0.1, -0.05) is 12.1 Å². The molecule has 1 heterocycles. The first-order valence-corrected chi connectivity index (χ1v) is 7.18. The van der Waals surface area contributed by atoms with Gasteiger partial charge in [0, 0.05) is 16.6 Å². The molecule has 8 heteroatoms. The second-order valence-corrected chi connectivity index (χ2v) is 5.55. The molecule has 0 atom stereocenters. The van der Waals surface area contributed by atoms with E-state index in [0.717, 1.165) is 16.3 Å². The molecule has 2 aromatic rings. The number of halogens is 3. The maximum atomic E-state index is 11.9. The minimum absolute atomic E-state index is 0.476. The zero-order valence-electron chi connectivity index (χ0n) is 11.6. The Labute approximate surface area is 128 Å². The molecule has 118 valence electrons. The van der Waals surface area contributed by atoms with E-state index in [1.807, 2.05) is 18.4 Å². The van der Waals surface area contributed by atoms with Crippen molar-refractivity contribution in [3.05, 3.63) is 34.7 Å². The Hall–Kier alpha value is -1.93. The summed E-state index contributed by atoms with van der Waals surface area (Å²) in [6.45, 7) is -0.212. The number of hydrogen-bond donors (Lipinski definition) is 1. The number of hydrogen-bond acceptors (Lipinski definition) is 4. The standard InChI is InChI=1S/C14H13F3N2O2S/c1-9-18-12(7-22-9)10-3-2-4-11(5-10)19-13(20)6-21-8-14(15,16)17/h2-5,7H,6,8H2,1H3,(H,19,20). The van der Waals surface area contributed by atoms with E-state index in [9.17, 15) is 18.0 Å². The summed E-state index contributed by atoms with van der Waals surface area (Å²) >= 11 is 1.51. The Bertz CT molecular complexity index is 656. The van der Waals surface area contributed by atoms with E-state index < -0.39 is 25.3 Å². The van der Waals surface area contributed by atoms with Crippen LogP contribution in [0.5, 0.6) is 0 Å². The van der Waals surface area contributed by atoms with Gasteiger partial charge in [0.25, 0.3) is 0 Å². The maximum absolute atomic E-state index is 11.9. The Balaban J connectivity index is 1.94. The zero-order chi connectivity index (χ0) is 16.2. The lowest BCUT2D eigenvalue weighted by Crippen LogP contribution is -2.23. The fourth-order valence-corrected chi connectivity index (χ4v) is 2.33. The summed E-state index contributed by atoms with van der Waals surface area (Å²) in [6, 6.07) is 6.92. The molecule has 0 aliphatic heterocycles. The SMILES string of the molecule is Cc1nc(-c2cccc(NC(=O)COCC(F)(F)F)c2)cs1. The van der Waals surface area contributed by atoms with E-state index in [0.29, 0.717) is 5.69 Å². The molecule has 4 nitrogen and oxygen atoms in total. The Kier molecular flexibility index (Phi) is 5.15. The van der Waals surface area contributed by atoms with Crippen molar-refractivity contribution in [3.8, 4) is 11.3 Å². The van der Waals surface area contributed by atoms with Crippen LogP contribution in [0.15, 0.2) is 29.6 Å². The highest BCUT2D eigenvalue weighted by Crippen LogP contribution is 2.24. The largest absolute Gasteiger partial charge is 0.411 e. The number of thiazole rings is 1. The summed E-state index contributed by atoms with van der Waals surface area (Å²) in [7, 11) is 0. The van der Waals surface area contributed by atoms with Crippen LogP contribution in [0.3, 0.4) is 0 Å². The van der Waals surface area contributed by atoms with Gasteiger partial charge in [-0.05, 0) is 19.1 Å². The number of benzene rings is 1. The fraction of sp³-hybridized carbons (Fsp3) is 0.286. The third-order valence-corrected chi connectivity index (χ3v) is 3.33. The van der Waals surface area contributed by atoms with Crippen molar-refractivity contribution in [2.24, 2.45) is 0 Å². The highest BCUT2D eigenvalue weighted by atomic mass is 32.1. The predicted molar refractivity (Wildman–Crippen MR) is 77.8 cm³/mol. The van der Waals surface area contributed by atoms with Crippen molar-refractivity contribution in [2.75, 3.05) is 18.5 Å². The highest BCUT2D eigenvalue weighted by Gasteiger charge is 2.27. The van der Waals surface area contributed by atoms with Gasteiger partial charge in [-0.3, -0.25) is 4.79 Å². The summed E-state index contributed by atoms with van der Waals surface area (Å²) < 4.78 is 40.0. The van der Waals surface area contributed by atoms with Crippen LogP contribution in [0, 0.1) is 6.92 Å². The van der Waals surface area contributed by atoms with Gasteiger partial charge in [0.15, 0.2) is 0 Å². The quantitative estimate of drug-likeness (QED) is 0.911. The number of nitrogens with one attached hydrogen (secondary N) is 1. The monoisotopic (exact) mass is 330 g/mol. The lowest BCUT2D eigenvalue weighted by atomic mass is 10.1. The average Bonchev–Trinajstić information content (AvgIpc) is 2.84. The van der Waals surface area contributed by atoms with Crippen LogP contribution >= 0.6 is 11.3 Å². The number of anilines is 1. The number of carbonyl (C=O) groups is 1. The Morgan fingerprint density at radius 2 is 2.18 bits per heavy atom. The summed E-state index contributed by atoms with van der Waals surface area (Å²) in [5, 5.41) is 5.30. The minimum atomic E-state index is -4.44. The second-order valence-electron chi connectivity index (χ2n) is 4.49. The number of alkyl halides is 3. The topological polar surface area (TPSA) is 51.2 Å². The van der Waals surface area contributed by atoms with Gasteiger partial charge < -0.3 is 10.1 Å². The molecule has 1 amide bonds. The average molecular weight is 330 g/mol. The molecule has 0 aliphatic carbocycles. The molecule has 0 aliphatic rings. The van der Waals surface area contributed by atoms with E-state index in [-0.39, 0.29) is 0 Å². The van der Waals surface area contributed by atoms with Crippen LogP contribution in [-0.4, -0.2) is 30.3 Å². The highest BCUT2D eigenvalue weighted by molar-refractivity contribution is 7.09. The number of amides is 1. The first-order valence-electron chi connectivity index (χ1n) is 6.30. The zero-order valence-corrected chi connectivity index (χ0v) is 12.4. The normalized spacial score (nSPS) is 11.5. The summed E-state index contributed by atoms with van der Waals surface area (Å²) in [6.07, 6.45) is -4.44. The number of rotatable bonds is 5. The van der Waals surface area contributed by atoms with Crippen molar-refractivity contribution >= 4 is 22.9 Å². The molecular weight excluding hydrogens is 317 g/mol. The molecule has 22 heavy (non-hydrogen) atoms. The molecule has 0 fully saturated rings. The molecule has 0 spiro atoms. The van der Waals surface area contributed by atoms with Gasteiger partial charge in [-0.2, -0.15) is 13.2 Å². The molecule has 1 aromatic heterocycles. The van der Waals surface area contributed by atoms with Gasteiger partial charge >= 0.3 is 6.18 Å². The van der Waals surface area contributed by atoms with Crippen molar-refractivity contribution in [1.29, 1.82) is 0 Å². The van der Waals surface area contributed by atoms with Crippen LogP contribution < -0.4 is 5.32 Å². The Morgan fingerprint density at radius 1 is 1.41 bits per heavy atom. The summed E-state index contributed by atoms with van der Waals surface area (Å²) in [5.41, 5.74) is 2.08. The molecular formula is C14H13F3N2O2S. The third kappa shape index (κ3) is 5.12. The number of carbonyl (C=O) groups excluding carboxylic acids is 1. The molecule has 1 N–H and O–H groups in total. The van der Waals surface area contributed by atoms with Crippen LogP contribution in [-0.2, 0) is 9.53 Å². The van der Waals surface area contributed by atoms with Gasteiger partial charge in [0.05, 0.1) is 10.7 Å². The van der Waals surface area contributed by atoms with Crippen LogP contribution in [0.4, 0.5) is 18.9 Å². The lowest BCUT2D eigenvalue weighted by Gasteiger charge is -2.09. The van der Waals surface area contributed by atoms with Crippen molar-refractivity contribution in [3.63, 3.8) is 0 Å². The molecule has 2 rings (SSSR count). The van der Waals surface area contributed by atoms with E-state index in [4.69, 9.17) is 0 Å². The van der Waals surface area contributed by atoms with E-state index in [1.54, 1.807) is 18.2 Å². The molecule has 0 bridgehead atoms. The van der Waals surface area contributed by atoms with Crippen molar-refractivity contribution in [2.45, 2.75) is 13.1 Å². The maximum Gasteiger partial charge on any atom is 0.411 e. The lowest BCUT2D eigenvalue weighted by molar-refractivity contribution is -0.174. The van der Waals surface area contributed by atoms with Crippen LogP contribution in [0.1, 0.15) is 5.01 Å². The third-order valence-electron chi connectivity index (χ3n) is 2.56. The molecule has 0 saturated heterocycles. The molecule has 0 saturated carbocycles. The van der Waals surface area contributed by atoms with Crippen molar-refractivity contribution in [1.82, 2.24) is 4.98 Å². The number of aryl methyl sites for hydroxylation is 1. The van der Waals surface area contributed by atoms with Gasteiger partial charge in [0.2, 0.25) is 5.91 Å². The van der Waals surface area contributed by atoms with Crippen molar-refractivity contribution < 1.29 is 22.7 Å². The number of nitrogens with zero attached hydrogens (tertiary/aromatic N) is 1. The number of ether oxygens (including phenoxy) is 1. The smallest absolute Gasteiger partial charge is 0.362 e. The summed E-state index contributed by atoms with van der Waals surface area (Å²) in [4.78, 5) is 15.9. The molecule has 0 radical (unpaired) electrons. The predicted octanol–water partition coefficient (Wildman–Crippen LogP) is 3.64. The second kappa shape index (κ2) is 6.89. The van der Waals surface area contributed by atoms with Crippen LogP contribution in [0.25, 0.3) is 11.3 Å². The van der Waals surface area contributed by atoms with E-state index in [2.05, 4.69) is 15.0 Å². The fourth-order valence-electron chi connectivity index (χ4n) is 1.71. The first-order chi connectivity index (χ1) is 10.3. The van der Waals surface area contributed by atoms with Gasteiger partial charge in [0.1, 0.15) is 13.2 Å². The molecule has 0 unspecified atom stereocenters. The van der Waals surface area contributed by atoms with Crippen LogP contribution in [0.2, 0.25) is 0 Å². The minimum Gasteiger partial charge on any atom is -0.362 e. The van der Waals surface area contributed by atoms with E-state index >= 15 is 0 Å².